The first-order valence-corrected chi connectivity index (χ1v) is 6.82. The molecular formula is C15H20N4. The molecule has 0 atom stereocenters. The van der Waals surface area contributed by atoms with E-state index in [2.05, 4.69) is 51.0 Å². The normalized spacial score (nSPS) is 16.8. The van der Waals surface area contributed by atoms with E-state index in [-0.39, 0.29) is 0 Å². The zero-order valence-electron chi connectivity index (χ0n) is 11.3. The van der Waals surface area contributed by atoms with Gasteiger partial charge in [-0.2, -0.15) is 0 Å². The predicted molar refractivity (Wildman–Crippen MR) is 77.3 cm³/mol. The van der Waals surface area contributed by atoms with Crippen LogP contribution in [0.4, 0.5) is 5.69 Å². The van der Waals surface area contributed by atoms with E-state index < -0.39 is 0 Å². The Morgan fingerprint density at radius 3 is 2.47 bits per heavy atom. The molecule has 0 amide bonds. The molecule has 1 aliphatic heterocycles. The Balaban J connectivity index is 1.56. The van der Waals surface area contributed by atoms with Crippen molar-refractivity contribution < 1.29 is 0 Å². The van der Waals surface area contributed by atoms with Crippen LogP contribution < -0.4 is 4.90 Å². The van der Waals surface area contributed by atoms with Crippen molar-refractivity contribution in [3.05, 3.63) is 48.0 Å². The van der Waals surface area contributed by atoms with Gasteiger partial charge < -0.3 is 9.88 Å². The second-order valence-corrected chi connectivity index (χ2v) is 5.18. The molecule has 19 heavy (non-hydrogen) atoms. The Labute approximate surface area is 114 Å². The third kappa shape index (κ3) is 2.96. The summed E-state index contributed by atoms with van der Waals surface area (Å²) >= 11 is 0. The molecular weight excluding hydrogens is 236 g/mol. The number of benzene rings is 1. The van der Waals surface area contributed by atoms with Crippen LogP contribution in [-0.2, 0) is 6.54 Å². The lowest BCUT2D eigenvalue weighted by Crippen LogP contribution is -2.46. The summed E-state index contributed by atoms with van der Waals surface area (Å²) in [5.41, 5.74) is 3.86. The third-order valence-corrected chi connectivity index (χ3v) is 3.72. The number of hydrogen-bond donors (Lipinski definition) is 1. The summed E-state index contributed by atoms with van der Waals surface area (Å²) in [5.74, 6) is 0. The average Bonchev–Trinajstić information content (AvgIpc) is 2.94. The fourth-order valence-corrected chi connectivity index (χ4v) is 2.53. The van der Waals surface area contributed by atoms with Gasteiger partial charge in [0.15, 0.2) is 0 Å². The van der Waals surface area contributed by atoms with E-state index in [4.69, 9.17) is 0 Å². The lowest BCUT2D eigenvalue weighted by Gasteiger charge is -2.35. The van der Waals surface area contributed by atoms with E-state index in [0.29, 0.717) is 0 Å². The molecule has 0 radical (unpaired) electrons. The fourth-order valence-electron chi connectivity index (χ4n) is 2.53. The molecule has 0 bridgehead atoms. The number of rotatable bonds is 3. The highest BCUT2D eigenvalue weighted by Crippen LogP contribution is 2.17. The molecule has 2 heterocycles. The minimum absolute atomic E-state index is 0.974. The number of imidazole rings is 1. The van der Waals surface area contributed by atoms with Crippen LogP contribution in [0.5, 0.6) is 0 Å². The van der Waals surface area contributed by atoms with Crippen LogP contribution in [0.15, 0.2) is 36.8 Å². The summed E-state index contributed by atoms with van der Waals surface area (Å²) in [5, 5.41) is 0. The van der Waals surface area contributed by atoms with Crippen molar-refractivity contribution in [3.8, 4) is 0 Å². The van der Waals surface area contributed by atoms with Crippen molar-refractivity contribution in [1.29, 1.82) is 0 Å². The molecule has 4 nitrogen and oxygen atoms in total. The van der Waals surface area contributed by atoms with Crippen LogP contribution in [0.25, 0.3) is 0 Å². The number of hydrogen-bond acceptors (Lipinski definition) is 3. The smallest absolute Gasteiger partial charge is 0.0922 e. The minimum Gasteiger partial charge on any atom is -0.369 e. The molecule has 1 fully saturated rings. The number of aromatic amines is 1. The first kappa shape index (κ1) is 12.2. The van der Waals surface area contributed by atoms with Crippen LogP contribution >= 0.6 is 0 Å². The Hall–Kier alpha value is -1.81. The Kier molecular flexibility index (Phi) is 3.51. The number of nitrogens with zero attached hydrogens (tertiary/aromatic N) is 3. The van der Waals surface area contributed by atoms with Gasteiger partial charge in [0.2, 0.25) is 0 Å². The molecule has 1 aromatic heterocycles. The van der Waals surface area contributed by atoms with Gasteiger partial charge in [0.05, 0.1) is 6.33 Å². The number of H-pyrrole nitrogens is 1. The second-order valence-electron chi connectivity index (χ2n) is 5.18. The van der Waals surface area contributed by atoms with Gasteiger partial charge in [-0.1, -0.05) is 17.7 Å². The lowest BCUT2D eigenvalue weighted by molar-refractivity contribution is 0.247. The largest absolute Gasteiger partial charge is 0.369 e. The van der Waals surface area contributed by atoms with Crippen LogP contribution in [0, 0.1) is 6.92 Å². The summed E-state index contributed by atoms with van der Waals surface area (Å²) in [6.45, 7) is 7.50. The van der Waals surface area contributed by atoms with Crippen molar-refractivity contribution in [3.63, 3.8) is 0 Å². The van der Waals surface area contributed by atoms with Crippen molar-refractivity contribution in [2.24, 2.45) is 0 Å². The Bertz CT molecular complexity index is 495. The first-order valence-electron chi connectivity index (χ1n) is 6.82. The summed E-state index contributed by atoms with van der Waals surface area (Å²) < 4.78 is 0. The van der Waals surface area contributed by atoms with Crippen LogP contribution in [0.2, 0.25) is 0 Å². The topological polar surface area (TPSA) is 35.2 Å². The molecule has 0 saturated carbocycles. The summed E-state index contributed by atoms with van der Waals surface area (Å²) in [4.78, 5) is 12.2. The second kappa shape index (κ2) is 5.45. The van der Waals surface area contributed by atoms with Crippen LogP contribution in [0.1, 0.15) is 11.3 Å². The van der Waals surface area contributed by atoms with Gasteiger partial charge in [-0.05, 0) is 19.1 Å². The monoisotopic (exact) mass is 256 g/mol. The van der Waals surface area contributed by atoms with Crippen LogP contribution in [0.3, 0.4) is 0 Å². The van der Waals surface area contributed by atoms with Gasteiger partial charge >= 0.3 is 0 Å². The molecule has 1 saturated heterocycles. The van der Waals surface area contributed by atoms with E-state index in [1.54, 1.807) is 6.33 Å². The quantitative estimate of drug-likeness (QED) is 0.912. The van der Waals surface area contributed by atoms with E-state index in [0.717, 1.165) is 32.7 Å². The fraction of sp³-hybridized carbons (Fsp3) is 0.400. The van der Waals surface area contributed by atoms with Gasteiger partial charge in [-0.15, -0.1) is 0 Å². The average molecular weight is 256 g/mol. The maximum Gasteiger partial charge on any atom is 0.0922 e. The highest BCUT2D eigenvalue weighted by molar-refractivity contribution is 5.47. The molecule has 1 aliphatic rings. The summed E-state index contributed by atoms with van der Waals surface area (Å²) in [7, 11) is 0. The van der Waals surface area contributed by atoms with Crippen molar-refractivity contribution in [1.82, 2.24) is 14.9 Å². The van der Waals surface area contributed by atoms with Crippen molar-refractivity contribution in [2.45, 2.75) is 13.5 Å². The van der Waals surface area contributed by atoms with E-state index in [9.17, 15) is 0 Å². The number of aromatic nitrogens is 2. The SMILES string of the molecule is Cc1ccc(N2CCN(Cc3cnc[nH]3)CC2)cc1. The molecule has 0 aliphatic carbocycles. The molecule has 1 aromatic carbocycles. The van der Waals surface area contributed by atoms with E-state index in [1.165, 1.54) is 16.9 Å². The lowest BCUT2D eigenvalue weighted by atomic mass is 10.2. The van der Waals surface area contributed by atoms with Crippen molar-refractivity contribution in [2.75, 3.05) is 31.1 Å². The third-order valence-electron chi connectivity index (χ3n) is 3.72. The zero-order valence-corrected chi connectivity index (χ0v) is 11.3. The van der Waals surface area contributed by atoms with Gasteiger partial charge in [0.25, 0.3) is 0 Å². The molecule has 3 rings (SSSR count). The Morgan fingerprint density at radius 1 is 1.11 bits per heavy atom. The van der Waals surface area contributed by atoms with Gasteiger partial charge in [-0.25, -0.2) is 4.98 Å². The number of aryl methyl sites for hydroxylation is 1. The zero-order chi connectivity index (χ0) is 13.1. The standard InChI is InChI=1S/C15H20N4/c1-13-2-4-15(5-3-13)19-8-6-18(7-9-19)11-14-10-16-12-17-14/h2-5,10,12H,6-9,11H2,1H3,(H,16,17). The summed E-state index contributed by atoms with van der Waals surface area (Å²) in [6.07, 6.45) is 3.66. The minimum atomic E-state index is 0.974. The van der Waals surface area contributed by atoms with Gasteiger partial charge in [0, 0.05) is 50.3 Å². The molecule has 0 spiro atoms. The first-order chi connectivity index (χ1) is 9.31. The van der Waals surface area contributed by atoms with Crippen LogP contribution in [-0.4, -0.2) is 41.0 Å². The maximum absolute atomic E-state index is 4.07. The Morgan fingerprint density at radius 2 is 1.84 bits per heavy atom. The van der Waals surface area contributed by atoms with E-state index in [1.807, 2.05) is 6.20 Å². The molecule has 1 N–H and O–H groups in total. The van der Waals surface area contributed by atoms with E-state index >= 15 is 0 Å². The number of piperazine rings is 1. The maximum atomic E-state index is 4.07. The highest BCUT2D eigenvalue weighted by Gasteiger charge is 2.17. The molecule has 4 heteroatoms. The van der Waals surface area contributed by atoms with Crippen molar-refractivity contribution >= 4 is 5.69 Å². The number of nitrogens with one attached hydrogen (secondary N) is 1. The number of anilines is 1. The van der Waals surface area contributed by atoms with Gasteiger partial charge in [0.1, 0.15) is 0 Å². The molecule has 2 aromatic rings. The molecule has 100 valence electrons. The highest BCUT2D eigenvalue weighted by atomic mass is 15.3. The van der Waals surface area contributed by atoms with Gasteiger partial charge in [-0.3, -0.25) is 4.90 Å². The summed E-state index contributed by atoms with van der Waals surface area (Å²) in [6, 6.07) is 8.82. The molecule has 0 unspecified atom stereocenters. The predicted octanol–water partition coefficient (Wildman–Crippen LogP) is 2.04.